The molecule has 3 aromatic heterocycles. The van der Waals surface area contributed by atoms with E-state index in [0.717, 1.165) is 5.56 Å². The number of carboxylic acid groups (broad SMARTS) is 1. The van der Waals surface area contributed by atoms with Crippen LogP contribution in [0.5, 0.6) is 5.88 Å². The molecule has 0 aliphatic carbocycles. The molecule has 12 nitrogen and oxygen atoms in total. The van der Waals surface area contributed by atoms with Crippen molar-refractivity contribution in [3.8, 4) is 5.88 Å². The van der Waals surface area contributed by atoms with Gasteiger partial charge in [0.15, 0.2) is 11.5 Å². The van der Waals surface area contributed by atoms with E-state index in [9.17, 15) is 24.6 Å². The summed E-state index contributed by atoms with van der Waals surface area (Å²) < 4.78 is 6.76. The van der Waals surface area contributed by atoms with E-state index in [2.05, 4.69) is 25.6 Å². The van der Waals surface area contributed by atoms with Gasteiger partial charge in [-0.05, 0) is 47.9 Å². The fourth-order valence-corrected chi connectivity index (χ4v) is 4.06. The summed E-state index contributed by atoms with van der Waals surface area (Å²) in [6.45, 7) is 3.71. The Kier molecular flexibility index (Phi) is 6.21. The van der Waals surface area contributed by atoms with Crippen LogP contribution in [-0.4, -0.2) is 47.3 Å². The van der Waals surface area contributed by atoms with E-state index in [1.165, 1.54) is 22.7 Å². The summed E-state index contributed by atoms with van der Waals surface area (Å²) in [6, 6.07) is 11.4. The second-order valence-corrected chi connectivity index (χ2v) is 8.65. The van der Waals surface area contributed by atoms with Crippen LogP contribution in [-0.2, 0) is 13.1 Å². The quantitative estimate of drug-likeness (QED) is 0.255. The van der Waals surface area contributed by atoms with Crippen LogP contribution in [0.25, 0.3) is 16.9 Å². The van der Waals surface area contributed by atoms with E-state index in [-0.39, 0.29) is 41.7 Å². The van der Waals surface area contributed by atoms with Gasteiger partial charge in [-0.25, -0.2) is 14.8 Å². The topological polar surface area (TPSA) is 172 Å². The van der Waals surface area contributed by atoms with Gasteiger partial charge in [0.1, 0.15) is 16.9 Å². The molecular formula is C26H22N6O6. The molecule has 0 spiro atoms. The number of aryl methyl sites for hydroxylation is 2. The largest absolute Gasteiger partial charge is 0.492 e. The molecule has 38 heavy (non-hydrogen) atoms. The third-order valence-corrected chi connectivity index (χ3v) is 5.88. The maximum Gasteiger partial charge on any atom is 0.335 e. The Hall–Kier alpha value is -5.26. The van der Waals surface area contributed by atoms with Crippen LogP contribution in [0.2, 0.25) is 0 Å². The monoisotopic (exact) mass is 514 g/mol. The summed E-state index contributed by atoms with van der Waals surface area (Å²) in [5, 5.41) is 24.6. The number of aromatic hydroxyl groups is 1. The minimum atomic E-state index is -1.03. The highest BCUT2D eigenvalue weighted by molar-refractivity contribution is 5.98. The molecule has 0 bridgehead atoms. The molecule has 0 aliphatic heterocycles. The molecule has 5 aromatic rings. The fourth-order valence-electron chi connectivity index (χ4n) is 4.06. The number of rotatable bonds is 7. The fraction of sp³-hybridized carbons (Fsp3) is 0.154. The summed E-state index contributed by atoms with van der Waals surface area (Å²) in [4.78, 5) is 49.6. The van der Waals surface area contributed by atoms with Crippen molar-refractivity contribution in [1.82, 2.24) is 30.0 Å². The molecule has 192 valence electrons. The third kappa shape index (κ3) is 4.87. The highest BCUT2D eigenvalue weighted by Gasteiger charge is 2.19. The number of carbonyl (C=O) groups is 3. The predicted molar refractivity (Wildman–Crippen MR) is 134 cm³/mol. The minimum absolute atomic E-state index is 0.0264. The zero-order chi connectivity index (χ0) is 27.0. The van der Waals surface area contributed by atoms with Crippen molar-refractivity contribution < 1.29 is 29.0 Å². The molecule has 0 radical (unpaired) electrons. The molecule has 3 heterocycles. The molecule has 0 unspecified atom stereocenters. The first kappa shape index (κ1) is 24.4. The number of hydrogen-bond donors (Lipinski definition) is 4. The normalized spacial score (nSPS) is 11.1. The van der Waals surface area contributed by atoms with Gasteiger partial charge in [0, 0.05) is 20.0 Å². The average Bonchev–Trinajstić information content (AvgIpc) is 3.44. The standard InChI is InChI=1S/C26H22N6O6/c1-13-7-15(3-5-17(13)25(36)37)10-27-23(34)19-9-20(32-12-22(33)31-26(32)30-19)24(35)28-11-16-4-6-21-18(8-16)29-14(2)38-21/h3-9,12,33H,10-11H2,1-2H3,(H,27,34)(H,28,35)(H,36,37). The summed E-state index contributed by atoms with van der Waals surface area (Å²) in [5.74, 6) is -1.96. The molecule has 5 rings (SSSR count). The van der Waals surface area contributed by atoms with E-state index >= 15 is 0 Å². The van der Waals surface area contributed by atoms with Crippen molar-refractivity contribution in [2.45, 2.75) is 26.9 Å². The summed E-state index contributed by atoms with van der Waals surface area (Å²) >= 11 is 0. The van der Waals surface area contributed by atoms with E-state index in [1.54, 1.807) is 38.1 Å². The number of carboxylic acids is 1. The maximum atomic E-state index is 13.1. The lowest BCUT2D eigenvalue weighted by Gasteiger charge is -2.10. The van der Waals surface area contributed by atoms with Crippen LogP contribution in [0, 0.1) is 13.8 Å². The Balaban J connectivity index is 1.34. The number of hydrogen-bond acceptors (Lipinski definition) is 8. The lowest BCUT2D eigenvalue weighted by atomic mass is 10.1. The number of benzene rings is 2. The number of aromatic nitrogens is 4. The summed E-state index contributed by atoms with van der Waals surface area (Å²) in [7, 11) is 0. The Morgan fingerprint density at radius 3 is 2.37 bits per heavy atom. The first-order valence-electron chi connectivity index (χ1n) is 11.5. The van der Waals surface area contributed by atoms with Gasteiger partial charge in [-0.1, -0.05) is 18.2 Å². The Bertz CT molecular complexity index is 1740. The van der Waals surface area contributed by atoms with Gasteiger partial charge in [0.05, 0.1) is 11.8 Å². The first-order chi connectivity index (χ1) is 18.2. The molecular weight excluding hydrogens is 492 g/mol. The van der Waals surface area contributed by atoms with Crippen LogP contribution in [0.4, 0.5) is 0 Å². The smallest absolute Gasteiger partial charge is 0.335 e. The molecule has 0 fully saturated rings. The Morgan fingerprint density at radius 2 is 1.63 bits per heavy atom. The van der Waals surface area contributed by atoms with Gasteiger partial charge in [0.25, 0.3) is 11.8 Å². The van der Waals surface area contributed by atoms with Crippen molar-refractivity contribution in [3.63, 3.8) is 0 Å². The minimum Gasteiger partial charge on any atom is -0.492 e. The van der Waals surface area contributed by atoms with E-state index in [1.807, 2.05) is 6.07 Å². The highest BCUT2D eigenvalue weighted by Crippen LogP contribution is 2.18. The van der Waals surface area contributed by atoms with E-state index in [4.69, 9.17) is 4.42 Å². The van der Waals surface area contributed by atoms with E-state index < -0.39 is 17.8 Å². The van der Waals surface area contributed by atoms with Crippen LogP contribution in [0.3, 0.4) is 0 Å². The number of nitrogens with zero attached hydrogens (tertiary/aromatic N) is 4. The first-order valence-corrected chi connectivity index (χ1v) is 11.5. The third-order valence-electron chi connectivity index (χ3n) is 5.88. The molecule has 0 saturated carbocycles. The van der Waals surface area contributed by atoms with Gasteiger partial charge < -0.3 is 25.3 Å². The van der Waals surface area contributed by atoms with Crippen LogP contribution >= 0.6 is 0 Å². The molecule has 2 aromatic carbocycles. The van der Waals surface area contributed by atoms with Gasteiger partial charge in [-0.2, -0.15) is 4.98 Å². The second kappa shape index (κ2) is 9.65. The van der Waals surface area contributed by atoms with Gasteiger partial charge in [0.2, 0.25) is 11.7 Å². The zero-order valence-electron chi connectivity index (χ0n) is 20.3. The van der Waals surface area contributed by atoms with E-state index in [0.29, 0.717) is 28.1 Å². The molecule has 4 N–H and O–H groups in total. The van der Waals surface area contributed by atoms with Crippen molar-refractivity contribution in [2.75, 3.05) is 0 Å². The number of aromatic carboxylic acids is 1. The van der Waals surface area contributed by atoms with Crippen molar-refractivity contribution in [1.29, 1.82) is 0 Å². The molecule has 12 heteroatoms. The predicted octanol–water partition coefficient (Wildman–Crippen LogP) is 2.75. The molecule has 2 amide bonds. The molecule has 0 atom stereocenters. The average molecular weight is 514 g/mol. The van der Waals surface area contributed by atoms with Crippen LogP contribution in [0.15, 0.2) is 53.1 Å². The molecule has 0 saturated heterocycles. The second-order valence-electron chi connectivity index (χ2n) is 8.65. The number of amides is 2. The van der Waals surface area contributed by atoms with Gasteiger partial charge in [-0.3, -0.25) is 14.0 Å². The van der Waals surface area contributed by atoms with Crippen LogP contribution < -0.4 is 10.6 Å². The molecule has 0 aliphatic rings. The Morgan fingerprint density at radius 1 is 0.921 bits per heavy atom. The number of oxazole rings is 1. The van der Waals surface area contributed by atoms with Gasteiger partial charge in [-0.15, -0.1) is 0 Å². The lowest BCUT2D eigenvalue weighted by Crippen LogP contribution is -2.28. The van der Waals surface area contributed by atoms with Crippen molar-refractivity contribution in [2.24, 2.45) is 0 Å². The number of imidazole rings is 1. The lowest BCUT2D eigenvalue weighted by molar-refractivity contribution is 0.0695. The summed E-state index contributed by atoms with van der Waals surface area (Å²) in [6.07, 6.45) is 1.23. The van der Waals surface area contributed by atoms with Gasteiger partial charge >= 0.3 is 5.97 Å². The Labute approximate surface area is 215 Å². The number of carbonyl (C=O) groups excluding carboxylic acids is 2. The maximum absolute atomic E-state index is 13.1. The van der Waals surface area contributed by atoms with Crippen LogP contribution in [0.1, 0.15) is 53.9 Å². The van der Waals surface area contributed by atoms with Crippen molar-refractivity contribution in [3.05, 3.63) is 88.2 Å². The number of nitrogens with one attached hydrogen (secondary N) is 2. The van der Waals surface area contributed by atoms with Crippen molar-refractivity contribution >= 4 is 34.7 Å². The number of fused-ring (bicyclic) bond motifs is 2. The highest BCUT2D eigenvalue weighted by atomic mass is 16.4. The SMILES string of the molecule is Cc1nc2cc(CNC(=O)c3cc(C(=O)NCc4ccc(C(=O)O)c(C)c4)nc4nc(O)cn34)ccc2o1. The zero-order valence-corrected chi connectivity index (χ0v) is 20.3. The summed E-state index contributed by atoms with van der Waals surface area (Å²) in [5.41, 5.74) is 3.52.